The Morgan fingerprint density at radius 3 is 2.76 bits per heavy atom. The number of nitrogens with one attached hydrogen (secondary N) is 2. The highest BCUT2D eigenvalue weighted by Crippen LogP contribution is 2.21. The van der Waals surface area contributed by atoms with Gasteiger partial charge in [-0.15, -0.1) is 5.10 Å². The van der Waals surface area contributed by atoms with Gasteiger partial charge in [0.25, 0.3) is 0 Å². The molecule has 1 aromatic heterocycles. The minimum Gasteiger partial charge on any atom is -0.374 e. The van der Waals surface area contributed by atoms with Crippen LogP contribution in [-0.4, -0.2) is 21.2 Å². The van der Waals surface area contributed by atoms with E-state index in [0.717, 1.165) is 12.8 Å². The van der Waals surface area contributed by atoms with Crippen molar-refractivity contribution in [2.24, 2.45) is 5.92 Å². The van der Waals surface area contributed by atoms with Gasteiger partial charge in [0.2, 0.25) is 0 Å². The number of hydrogen-bond acceptors (Lipinski definition) is 4. The summed E-state index contributed by atoms with van der Waals surface area (Å²) >= 11 is 0. The van der Waals surface area contributed by atoms with Crippen LogP contribution in [0.15, 0.2) is 6.20 Å². The van der Waals surface area contributed by atoms with Crippen LogP contribution in [0.25, 0.3) is 0 Å². The average Bonchev–Trinajstić information content (AvgIpc) is 2.65. The smallest absolute Gasteiger partial charge is 0.366 e. The van der Waals surface area contributed by atoms with Crippen LogP contribution in [0.1, 0.15) is 40.0 Å². The standard InChI is InChI=1S/C11H20N4O2/c1-8(2)5-4-6-9(3)13-10-7-12-14-11(10)15(16)17/h7-9,13H,4-6H2,1-3H3,(H,12,14). The summed E-state index contributed by atoms with van der Waals surface area (Å²) in [6, 6.07) is 0.213. The van der Waals surface area contributed by atoms with Gasteiger partial charge in [0.15, 0.2) is 5.69 Å². The first kappa shape index (κ1) is 13.5. The van der Waals surface area contributed by atoms with Gasteiger partial charge in [0, 0.05) is 6.04 Å². The molecule has 0 aromatic carbocycles. The molecular formula is C11H20N4O2. The number of hydrogen-bond donors (Lipinski definition) is 2. The van der Waals surface area contributed by atoms with Gasteiger partial charge in [-0.05, 0) is 24.2 Å². The normalized spacial score (nSPS) is 12.7. The average molecular weight is 240 g/mol. The van der Waals surface area contributed by atoms with Crippen LogP contribution in [0.4, 0.5) is 11.5 Å². The molecule has 0 bridgehead atoms. The molecule has 0 saturated carbocycles. The lowest BCUT2D eigenvalue weighted by molar-refractivity contribution is -0.388. The lowest BCUT2D eigenvalue weighted by Crippen LogP contribution is -2.15. The molecule has 6 nitrogen and oxygen atoms in total. The lowest BCUT2D eigenvalue weighted by atomic mass is 10.0. The molecule has 0 spiro atoms. The summed E-state index contributed by atoms with van der Waals surface area (Å²) in [7, 11) is 0. The Labute approximate surface area is 101 Å². The van der Waals surface area contributed by atoms with Crippen molar-refractivity contribution in [3.63, 3.8) is 0 Å². The number of rotatable bonds is 7. The molecule has 1 atom stereocenters. The molecule has 0 amide bonds. The van der Waals surface area contributed by atoms with Gasteiger partial charge < -0.3 is 15.4 Å². The molecule has 1 heterocycles. The Hall–Kier alpha value is -1.59. The molecule has 96 valence electrons. The molecule has 1 aromatic rings. The van der Waals surface area contributed by atoms with E-state index >= 15 is 0 Å². The number of nitro groups is 1. The Morgan fingerprint density at radius 2 is 2.18 bits per heavy atom. The highest BCUT2D eigenvalue weighted by atomic mass is 16.6. The van der Waals surface area contributed by atoms with Gasteiger partial charge in [-0.3, -0.25) is 0 Å². The molecule has 0 aliphatic rings. The molecular weight excluding hydrogens is 220 g/mol. The first-order valence-corrected chi connectivity index (χ1v) is 5.95. The molecule has 0 aliphatic heterocycles. The molecule has 1 unspecified atom stereocenters. The maximum atomic E-state index is 10.7. The number of nitrogens with zero attached hydrogens (tertiary/aromatic N) is 2. The fraction of sp³-hybridized carbons (Fsp3) is 0.727. The largest absolute Gasteiger partial charge is 0.374 e. The second-order valence-electron chi connectivity index (χ2n) is 4.76. The van der Waals surface area contributed by atoms with E-state index in [1.54, 1.807) is 0 Å². The van der Waals surface area contributed by atoms with Crippen molar-refractivity contribution < 1.29 is 4.92 Å². The van der Waals surface area contributed by atoms with E-state index in [1.165, 1.54) is 12.6 Å². The minimum absolute atomic E-state index is 0.0688. The summed E-state index contributed by atoms with van der Waals surface area (Å²) in [5.74, 6) is 0.631. The summed E-state index contributed by atoms with van der Waals surface area (Å²) in [4.78, 5) is 10.2. The summed E-state index contributed by atoms with van der Waals surface area (Å²) in [6.45, 7) is 6.41. The van der Waals surface area contributed by atoms with Crippen molar-refractivity contribution in [3.8, 4) is 0 Å². The lowest BCUT2D eigenvalue weighted by Gasteiger charge is -2.13. The Morgan fingerprint density at radius 1 is 1.47 bits per heavy atom. The molecule has 0 radical (unpaired) electrons. The van der Waals surface area contributed by atoms with E-state index in [-0.39, 0.29) is 11.9 Å². The fourth-order valence-electron chi connectivity index (χ4n) is 1.69. The first-order chi connectivity index (χ1) is 8.00. The van der Waals surface area contributed by atoms with Gasteiger partial charge in [-0.25, -0.2) is 0 Å². The zero-order valence-electron chi connectivity index (χ0n) is 10.6. The molecule has 17 heavy (non-hydrogen) atoms. The molecule has 0 fully saturated rings. The van der Waals surface area contributed by atoms with Gasteiger partial charge in [-0.2, -0.15) is 0 Å². The Kier molecular flexibility index (Phi) is 4.93. The zero-order chi connectivity index (χ0) is 12.8. The highest BCUT2D eigenvalue weighted by Gasteiger charge is 2.16. The molecule has 0 aliphatic carbocycles. The van der Waals surface area contributed by atoms with Crippen molar-refractivity contribution >= 4 is 11.5 Å². The Bertz CT molecular complexity index is 362. The summed E-state index contributed by atoms with van der Waals surface area (Å²) < 4.78 is 0. The van der Waals surface area contributed by atoms with Crippen LogP contribution in [-0.2, 0) is 0 Å². The second kappa shape index (κ2) is 6.22. The third-order valence-electron chi connectivity index (χ3n) is 2.62. The Balaban J connectivity index is 2.42. The zero-order valence-corrected chi connectivity index (χ0v) is 10.6. The van der Waals surface area contributed by atoms with E-state index in [9.17, 15) is 10.1 Å². The van der Waals surface area contributed by atoms with Crippen LogP contribution in [0.5, 0.6) is 0 Å². The van der Waals surface area contributed by atoms with E-state index in [0.29, 0.717) is 11.6 Å². The fourth-order valence-corrected chi connectivity index (χ4v) is 1.69. The molecule has 2 N–H and O–H groups in total. The molecule has 0 saturated heterocycles. The number of aromatic amines is 1. The minimum atomic E-state index is -0.462. The van der Waals surface area contributed by atoms with Crippen LogP contribution in [0, 0.1) is 16.0 Å². The first-order valence-electron chi connectivity index (χ1n) is 5.95. The summed E-state index contributed by atoms with van der Waals surface area (Å²) in [5.41, 5.74) is 0.465. The molecule has 6 heteroatoms. The van der Waals surface area contributed by atoms with Gasteiger partial charge in [0.1, 0.15) is 6.20 Å². The second-order valence-corrected chi connectivity index (χ2v) is 4.76. The monoisotopic (exact) mass is 240 g/mol. The SMILES string of the molecule is CC(C)CCCC(C)Nc1cn[nH]c1[N+](=O)[O-]. The van der Waals surface area contributed by atoms with Gasteiger partial charge in [-0.1, -0.05) is 31.8 Å². The van der Waals surface area contributed by atoms with Crippen molar-refractivity contribution in [3.05, 3.63) is 16.3 Å². The van der Waals surface area contributed by atoms with E-state index in [2.05, 4.69) is 29.4 Å². The summed E-state index contributed by atoms with van der Waals surface area (Å²) in [5, 5.41) is 19.8. The third-order valence-corrected chi connectivity index (χ3v) is 2.62. The van der Waals surface area contributed by atoms with Crippen LogP contribution in [0.2, 0.25) is 0 Å². The van der Waals surface area contributed by atoms with Crippen LogP contribution in [0.3, 0.4) is 0 Å². The number of anilines is 1. The van der Waals surface area contributed by atoms with Crippen molar-refractivity contribution in [1.29, 1.82) is 0 Å². The number of aromatic nitrogens is 2. The van der Waals surface area contributed by atoms with Crippen LogP contribution < -0.4 is 5.32 Å². The van der Waals surface area contributed by atoms with Gasteiger partial charge >= 0.3 is 5.82 Å². The summed E-state index contributed by atoms with van der Waals surface area (Å²) in [6.07, 6.45) is 4.76. The third kappa shape index (κ3) is 4.42. The van der Waals surface area contributed by atoms with E-state index in [4.69, 9.17) is 0 Å². The van der Waals surface area contributed by atoms with E-state index < -0.39 is 4.92 Å². The topological polar surface area (TPSA) is 83.8 Å². The van der Waals surface area contributed by atoms with Crippen molar-refractivity contribution in [2.75, 3.05) is 5.32 Å². The van der Waals surface area contributed by atoms with Gasteiger partial charge in [0.05, 0.1) is 0 Å². The van der Waals surface area contributed by atoms with Crippen molar-refractivity contribution in [1.82, 2.24) is 10.2 Å². The molecule has 1 rings (SSSR count). The number of H-pyrrole nitrogens is 1. The van der Waals surface area contributed by atoms with Crippen LogP contribution >= 0.6 is 0 Å². The predicted molar refractivity (Wildman–Crippen MR) is 67.0 cm³/mol. The predicted octanol–water partition coefficient (Wildman–Crippen LogP) is 2.94. The maximum Gasteiger partial charge on any atom is 0.366 e. The van der Waals surface area contributed by atoms with E-state index in [1.807, 2.05) is 6.92 Å². The maximum absolute atomic E-state index is 10.7. The highest BCUT2D eigenvalue weighted by molar-refractivity contribution is 5.55. The van der Waals surface area contributed by atoms with Crippen molar-refractivity contribution in [2.45, 2.75) is 46.1 Å². The quantitative estimate of drug-likeness (QED) is 0.567.